The molecule has 1 heterocycles. The minimum Gasteiger partial charge on any atom is -0.497 e. The molecule has 0 spiro atoms. The molecule has 0 aliphatic rings. The van der Waals surface area contributed by atoms with Gasteiger partial charge in [0, 0.05) is 12.2 Å². The average molecular weight is 473 g/mol. The first kappa shape index (κ1) is 24.6. The summed E-state index contributed by atoms with van der Waals surface area (Å²) >= 11 is 1.30. The van der Waals surface area contributed by atoms with Crippen LogP contribution in [0.5, 0.6) is 11.5 Å². The van der Waals surface area contributed by atoms with E-state index in [9.17, 15) is 9.18 Å². The standard InChI is InChI=1S/C24H29FN4O3S/c1-15(2)14-29-22(16(3)32-21-11-9-20(31-5)10-12-21)27-28-24(29)33-17(4)23(30)26-19-8-6-7-18(25)13-19/h6-13,15-17H,14H2,1-5H3,(H,26,30). The Morgan fingerprint density at radius 2 is 1.79 bits per heavy atom. The Morgan fingerprint density at radius 1 is 1.09 bits per heavy atom. The van der Waals surface area contributed by atoms with Gasteiger partial charge in [0.25, 0.3) is 0 Å². The third kappa shape index (κ3) is 6.71. The molecular formula is C24H29FN4O3S. The molecule has 2 atom stereocenters. The summed E-state index contributed by atoms with van der Waals surface area (Å²) < 4.78 is 26.7. The molecule has 2 unspecified atom stereocenters. The van der Waals surface area contributed by atoms with Crippen LogP contribution in [0.3, 0.4) is 0 Å². The van der Waals surface area contributed by atoms with E-state index in [1.165, 1.54) is 23.9 Å². The molecule has 33 heavy (non-hydrogen) atoms. The number of anilines is 1. The summed E-state index contributed by atoms with van der Waals surface area (Å²) in [6.45, 7) is 8.59. The number of halogens is 1. The fraction of sp³-hybridized carbons (Fsp3) is 0.375. The van der Waals surface area contributed by atoms with Crippen LogP contribution in [0, 0.1) is 11.7 Å². The van der Waals surface area contributed by atoms with Gasteiger partial charge in [0.05, 0.1) is 12.4 Å². The fourth-order valence-electron chi connectivity index (χ4n) is 3.16. The monoisotopic (exact) mass is 472 g/mol. The molecular weight excluding hydrogens is 443 g/mol. The van der Waals surface area contributed by atoms with Crippen LogP contribution >= 0.6 is 11.8 Å². The van der Waals surface area contributed by atoms with Crippen molar-refractivity contribution < 1.29 is 18.7 Å². The second-order valence-corrected chi connectivity index (χ2v) is 9.35. The number of rotatable bonds is 10. The van der Waals surface area contributed by atoms with Crippen LogP contribution in [0.15, 0.2) is 53.7 Å². The topological polar surface area (TPSA) is 78.3 Å². The maximum Gasteiger partial charge on any atom is 0.237 e. The lowest BCUT2D eigenvalue weighted by molar-refractivity contribution is -0.115. The first-order valence-electron chi connectivity index (χ1n) is 10.7. The van der Waals surface area contributed by atoms with Gasteiger partial charge in [-0.15, -0.1) is 10.2 Å². The number of nitrogens with one attached hydrogen (secondary N) is 1. The molecule has 0 aliphatic heterocycles. The van der Waals surface area contributed by atoms with Crippen LogP contribution in [0.1, 0.15) is 39.6 Å². The molecule has 1 aromatic heterocycles. The number of benzene rings is 2. The minimum atomic E-state index is -0.464. The summed E-state index contributed by atoms with van der Waals surface area (Å²) in [5, 5.41) is 11.6. The van der Waals surface area contributed by atoms with Crippen molar-refractivity contribution in [2.45, 2.75) is 50.8 Å². The molecule has 0 radical (unpaired) electrons. The molecule has 7 nitrogen and oxygen atoms in total. The van der Waals surface area contributed by atoms with Gasteiger partial charge in [-0.05, 0) is 62.2 Å². The van der Waals surface area contributed by atoms with Gasteiger partial charge in [0.1, 0.15) is 17.3 Å². The summed E-state index contributed by atoms with van der Waals surface area (Å²) in [5.41, 5.74) is 0.415. The molecule has 1 amide bonds. The highest BCUT2D eigenvalue weighted by atomic mass is 32.2. The van der Waals surface area contributed by atoms with E-state index in [1.54, 1.807) is 26.2 Å². The molecule has 176 valence electrons. The zero-order chi connectivity index (χ0) is 24.0. The summed E-state index contributed by atoms with van der Waals surface area (Å²) in [5.74, 6) is 1.82. The Balaban J connectivity index is 1.74. The number of amides is 1. The molecule has 0 fully saturated rings. The quantitative estimate of drug-likeness (QED) is 0.401. The van der Waals surface area contributed by atoms with E-state index in [0.29, 0.717) is 34.9 Å². The lowest BCUT2D eigenvalue weighted by atomic mass is 10.2. The number of ether oxygens (including phenoxy) is 2. The largest absolute Gasteiger partial charge is 0.497 e. The van der Waals surface area contributed by atoms with Crippen LogP contribution in [-0.2, 0) is 11.3 Å². The number of aromatic nitrogens is 3. The molecule has 9 heteroatoms. The highest BCUT2D eigenvalue weighted by Crippen LogP contribution is 2.29. The normalized spacial score (nSPS) is 12.9. The maximum atomic E-state index is 13.4. The van der Waals surface area contributed by atoms with Gasteiger partial charge in [0.2, 0.25) is 5.91 Å². The molecule has 0 saturated heterocycles. The molecule has 0 bridgehead atoms. The van der Waals surface area contributed by atoms with Gasteiger partial charge < -0.3 is 19.4 Å². The van der Waals surface area contributed by atoms with Crippen LogP contribution < -0.4 is 14.8 Å². The van der Waals surface area contributed by atoms with Gasteiger partial charge >= 0.3 is 0 Å². The summed E-state index contributed by atoms with van der Waals surface area (Å²) in [7, 11) is 1.62. The first-order valence-corrected chi connectivity index (χ1v) is 11.6. The Kier molecular flexibility index (Phi) is 8.32. The van der Waals surface area contributed by atoms with Gasteiger partial charge in [-0.2, -0.15) is 0 Å². The second kappa shape index (κ2) is 11.2. The smallest absolute Gasteiger partial charge is 0.237 e. The first-order chi connectivity index (χ1) is 15.8. The number of nitrogens with zero attached hydrogens (tertiary/aromatic N) is 3. The SMILES string of the molecule is COc1ccc(OC(C)c2nnc(SC(C)C(=O)Nc3cccc(F)c3)n2CC(C)C)cc1. The van der Waals surface area contributed by atoms with E-state index in [-0.39, 0.29) is 12.0 Å². The Labute approximate surface area is 197 Å². The average Bonchev–Trinajstić information content (AvgIpc) is 3.15. The lowest BCUT2D eigenvalue weighted by Gasteiger charge is -2.19. The molecule has 3 aromatic rings. The fourth-order valence-corrected chi connectivity index (χ4v) is 4.02. The van der Waals surface area contributed by atoms with Crippen molar-refractivity contribution in [1.82, 2.24) is 14.8 Å². The molecule has 0 aliphatic carbocycles. The highest BCUT2D eigenvalue weighted by Gasteiger charge is 2.24. The molecule has 0 saturated carbocycles. The van der Waals surface area contributed by atoms with Crippen molar-refractivity contribution in [3.8, 4) is 11.5 Å². The van der Waals surface area contributed by atoms with Crippen LogP contribution in [-0.4, -0.2) is 33.0 Å². The predicted molar refractivity (Wildman–Crippen MR) is 127 cm³/mol. The summed E-state index contributed by atoms with van der Waals surface area (Å²) in [4.78, 5) is 12.6. The highest BCUT2D eigenvalue weighted by molar-refractivity contribution is 8.00. The van der Waals surface area contributed by atoms with Crippen molar-refractivity contribution >= 4 is 23.4 Å². The van der Waals surface area contributed by atoms with Gasteiger partial charge in [-0.3, -0.25) is 4.79 Å². The van der Waals surface area contributed by atoms with Crippen LogP contribution in [0.25, 0.3) is 0 Å². The number of methoxy groups -OCH3 is 1. The van der Waals surface area contributed by atoms with E-state index in [0.717, 1.165) is 5.75 Å². The number of carbonyl (C=O) groups excluding carboxylic acids is 1. The summed E-state index contributed by atoms with van der Waals surface area (Å²) in [6, 6.07) is 13.2. The van der Waals surface area contributed by atoms with E-state index >= 15 is 0 Å². The molecule has 3 rings (SSSR count). The van der Waals surface area contributed by atoms with Gasteiger partial charge in [-0.1, -0.05) is 31.7 Å². The van der Waals surface area contributed by atoms with E-state index < -0.39 is 11.1 Å². The third-order valence-electron chi connectivity index (χ3n) is 4.77. The zero-order valence-corrected chi connectivity index (χ0v) is 20.2. The lowest BCUT2D eigenvalue weighted by Crippen LogP contribution is -2.23. The van der Waals surface area contributed by atoms with Crippen LogP contribution in [0.2, 0.25) is 0 Å². The van der Waals surface area contributed by atoms with E-state index in [1.807, 2.05) is 35.8 Å². The number of hydrogen-bond donors (Lipinski definition) is 1. The van der Waals surface area contributed by atoms with Gasteiger partial charge in [0.15, 0.2) is 17.1 Å². The number of thioether (sulfide) groups is 1. The third-order valence-corrected chi connectivity index (χ3v) is 5.85. The Bertz CT molecular complexity index is 1070. The number of carbonyl (C=O) groups is 1. The number of hydrogen-bond acceptors (Lipinski definition) is 6. The van der Waals surface area contributed by atoms with Crippen molar-refractivity contribution in [2.75, 3.05) is 12.4 Å². The van der Waals surface area contributed by atoms with Crippen molar-refractivity contribution in [1.29, 1.82) is 0 Å². The molecule has 1 N–H and O–H groups in total. The van der Waals surface area contributed by atoms with Crippen molar-refractivity contribution in [2.24, 2.45) is 5.92 Å². The second-order valence-electron chi connectivity index (χ2n) is 8.04. The summed E-state index contributed by atoms with van der Waals surface area (Å²) in [6.07, 6.45) is -0.351. The van der Waals surface area contributed by atoms with Gasteiger partial charge in [-0.25, -0.2) is 4.39 Å². The zero-order valence-electron chi connectivity index (χ0n) is 19.4. The Morgan fingerprint density at radius 3 is 2.42 bits per heavy atom. The molecule has 2 aromatic carbocycles. The minimum absolute atomic E-state index is 0.242. The van der Waals surface area contributed by atoms with Crippen molar-refractivity contribution in [3.05, 3.63) is 60.2 Å². The predicted octanol–water partition coefficient (Wildman–Crippen LogP) is 5.34. The maximum absolute atomic E-state index is 13.4. The van der Waals surface area contributed by atoms with E-state index in [2.05, 4.69) is 29.4 Å². The van der Waals surface area contributed by atoms with E-state index in [4.69, 9.17) is 9.47 Å². The Hall–Kier alpha value is -3.07. The van der Waals surface area contributed by atoms with Crippen LogP contribution in [0.4, 0.5) is 10.1 Å². The van der Waals surface area contributed by atoms with Crippen molar-refractivity contribution in [3.63, 3.8) is 0 Å².